The molecular formula is C45H71N7O2. The van der Waals surface area contributed by atoms with Crippen LogP contribution in [0.4, 0.5) is 5.69 Å². The molecule has 3 aromatic rings. The highest BCUT2D eigenvalue weighted by Crippen LogP contribution is 2.38. The Labute approximate surface area is 328 Å². The Kier molecular flexibility index (Phi) is 20.0. The monoisotopic (exact) mass is 742 g/mol. The highest BCUT2D eigenvalue weighted by Gasteiger charge is 2.38. The maximum Gasteiger partial charge on any atom is 0.153 e. The van der Waals surface area contributed by atoms with Crippen LogP contribution in [0.1, 0.15) is 84.8 Å². The molecule has 0 aliphatic carbocycles. The van der Waals surface area contributed by atoms with Crippen molar-refractivity contribution in [3.05, 3.63) is 96.5 Å². The van der Waals surface area contributed by atoms with Gasteiger partial charge in [0.1, 0.15) is 5.75 Å². The summed E-state index contributed by atoms with van der Waals surface area (Å²) in [6.45, 7) is 24.1. The summed E-state index contributed by atoms with van der Waals surface area (Å²) in [6, 6.07) is 16.2. The lowest BCUT2D eigenvalue weighted by molar-refractivity contribution is -0.104. The number of aromatic nitrogens is 2. The number of likely N-dealkylation sites (N-methyl/N-ethyl adjacent to an activating group) is 2. The molecule has 298 valence electrons. The number of carbonyl (C=O) groups excluding carboxylic acids is 1. The zero-order valence-corrected chi connectivity index (χ0v) is 35.3. The Morgan fingerprint density at radius 2 is 1.65 bits per heavy atom. The van der Waals surface area contributed by atoms with Gasteiger partial charge in [-0.05, 0) is 81.1 Å². The third-order valence-electron chi connectivity index (χ3n) is 10.5. The smallest absolute Gasteiger partial charge is 0.153 e. The van der Waals surface area contributed by atoms with E-state index < -0.39 is 0 Å². The minimum Gasteiger partial charge on any atom is -0.508 e. The molecule has 1 saturated heterocycles. The van der Waals surface area contributed by atoms with Gasteiger partial charge in [0.05, 0.1) is 17.5 Å². The van der Waals surface area contributed by atoms with E-state index in [1.54, 1.807) is 12.3 Å². The van der Waals surface area contributed by atoms with Crippen molar-refractivity contribution in [2.45, 2.75) is 85.7 Å². The molecule has 2 aromatic carbocycles. The molecule has 54 heavy (non-hydrogen) atoms. The van der Waals surface area contributed by atoms with Crippen LogP contribution < -0.4 is 4.90 Å². The molecule has 9 nitrogen and oxygen atoms in total. The average Bonchev–Trinajstić information content (AvgIpc) is 3.66. The van der Waals surface area contributed by atoms with E-state index in [1.807, 2.05) is 23.0 Å². The molecule has 1 N–H and O–H groups in total. The molecule has 2 unspecified atom stereocenters. The van der Waals surface area contributed by atoms with Crippen LogP contribution in [-0.4, -0.2) is 103 Å². The second-order valence-corrected chi connectivity index (χ2v) is 14.9. The number of piperidine rings is 1. The number of anilines is 1. The van der Waals surface area contributed by atoms with Crippen LogP contribution in [0.3, 0.4) is 0 Å². The number of benzene rings is 2. The number of rotatable bonds is 17. The zero-order valence-electron chi connectivity index (χ0n) is 35.3. The Morgan fingerprint density at radius 1 is 0.981 bits per heavy atom. The van der Waals surface area contributed by atoms with Crippen molar-refractivity contribution in [2.75, 3.05) is 65.8 Å². The molecule has 0 amide bonds. The highest BCUT2D eigenvalue weighted by molar-refractivity contribution is 6.02. The van der Waals surface area contributed by atoms with Crippen LogP contribution in [-0.2, 0) is 16.9 Å². The third-order valence-corrected chi connectivity index (χ3v) is 10.5. The van der Waals surface area contributed by atoms with Crippen LogP contribution in [0, 0.1) is 11.8 Å². The fraction of sp³-hybridized carbons (Fsp3) is 0.533. The number of hydrogen-bond donors (Lipinski definition) is 1. The molecule has 1 aliphatic heterocycles. The zero-order chi connectivity index (χ0) is 40.3. The maximum absolute atomic E-state index is 12.2. The fourth-order valence-electron chi connectivity index (χ4n) is 6.83. The van der Waals surface area contributed by atoms with Gasteiger partial charge >= 0.3 is 0 Å². The van der Waals surface area contributed by atoms with Crippen molar-refractivity contribution in [1.29, 1.82) is 0 Å². The van der Waals surface area contributed by atoms with Gasteiger partial charge in [-0.25, -0.2) is 4.68 Å². The number of hydrogen-bond acceptors (Lipinski definition) is 8. The molecule has 9 heteroatoms. The first-order chi connectivity index (χ1) is 25.9. The number of carbonyl (C=O) groups is 1. The molecule has 1 fully saturated rings. The third kappa shape index (κ3) is 13.0. The largest absolute Gasteiger partial charge is 0.508 e. The van der Waals surface area contributed by atoms with Crippen LogP contribution >= 0.6 is 0 Å². The van der Waals surface area contributed by atoms with E-state index in [4.69, 9.17) is 5.10 Å². The van der Waals surface area contributed by atoms with E-state index in [2.05, 4.69) is 144 Å². The Balaban J connectivity index is 0.00000192. The SMILES string of the molecule is C=C.CCC.CCC(C)CN=C/C(C=O)=C(\C(C)CC)N(C)CCN(C)c1cccc(-n2cc(CN3CCC(c4cccc(O)c4)(N(C)C)CC3)cn2)c1. The minimum atomic E-state index is -0.0785. The lowest BCUT2D eigenvalue weighted by atomic mass is 9.79. The maximum atomic E-state index is 12.2. The highest BCUT2D eigenvalue weighted by atomic mass is 16.3. The lowest BCUT2D eigenvalue weighted by Crippen LogP contribution is -2.50. The summed E-state index contributed by atoms with van der Waals surface area (Å²) in [7, 11) is 8.48. The molecule has 0 saturated carbocycles. The summed E-state index contributed by atoms with van der Waals surface area (Å²) >= 11 is 0. The summed E-state index contributed by atoms with van der Waals surface area (Å²) in [4.78, 5) is 26.1. The summed E-state index contributed by atoms with van der Waals surface area (Å²) in [6.07, 6.45) is 12.1. The number of allylic oxidation sites excluding steroid dienone is 2. The van der Waals surface area contributed by atoms with Crippen molar-refractivity contribution in [3.63, 3.8) is 0 Å². The van der Waals surface area contributed by atoms with E-state index in [0.29, 0.717) is 17.2 Å². The van der Waals surface area contributed by atoms with E-state index in [9.17, 15) is 9.90 Å². The van der Waals surface area contributed by atoms with Gasteiger partial charge in [-0.3, -0.25) is 19.6 Å². The van der Waals surface area contributed by atoms with E-state index in [-0.39, 0.29) is 11.5 Å². The second-order valence-electron chi connectivity index (χ2n) is 14.9. The molecule has 4 rings (SSSR count). The van der Waals surface area contributed by atoms with Crippen molar-refractivity contribution >= 4 is 18.2 Å². The predicted molar refractivity (Wildman–Crippen MR) is 230 cm³/mol. The standard InChI is InChI=1S/C40H59N7O2.C3H8.C2H4/c1-9-31(3)25-41-27-34(30-48)39(32(4)10-2)45(8)22-21-44(7)36-14-12-15-37(24-36)47-29-33(26-42-47)28-46-19-17-40(18-20-46,43(5)6)35-13-11-16-38(49)23-35;1-3-2;1-2/h11-16,23-24,26-27,29-32,49H,9-10,17-22,25,28H2,1-8H3;3H2,1-2H3;1-2H2/b39-34-,41-27?;;. The first kappa shape index (κ1) is 45.9. The summed E-state index contributed by atoms with van der Waals surface area (Å²) in [5.41, 5.74) is 6.17. The molecular weight excluding hydrogens is 671 g/mol. The topological polar surface area (TPSA) is 80.4 Å². The van der Waals surface area contributed by atoms with Crippen LogP contribution in [0.25, 0.3) is 5.69 Å². The van der Waals surface area contributed by atoms with Gasteiger partial charge in [-0.15, -0.1) is 13.2 Å². The van der Waals surface area contributed by atoms with E-state index >= 15 is 0 Å². The number of nitrogens with zero attached hydrogens (tertiary/aromatic N) is 7. The van der Waals surface area contributed by atoms with Gasteiger partial charge in [0.25, 0.3) is 0 Å². The summed E-state index contributed by atoms with van der Waals surface area (Å²) in [5.74, 6) is 1.08. The van der Waals surface area contributed by atoms with Gasteiger partial charge < -0.3 is 14.9 Å². The number of aromatic hydroxyl groups is 1. The molecule has 2 heterocycles. The van der Waals surface area contributed by atoms with Gasteiger partial charge in [0.15, 0.2) is 6.29 Å². The summed E-state index contributed by atoms with van der Waals surface area (Å²) < 4.78 is 1.97. The Hall–Kier alpha value is -4.21. The first-order valence-corrected chi connectivity index (χ1v) is 19.9. The molecule has 0 radical (unpaired) electrons. The van der Waals surface area contributed by atoms with Crippen LogP contribution in [0.15, 0.2) is 90.3 Å². The minimum absolute atomic E-state index is 0.0785. The lowest BCUT2D eigenvalue weighted by Gasteiger charge is -2.46. The number of phenolic OH excluding ortho intramolecular Hbond substituents is 1. The van der Waals surface area contributed by atoms with Gasteiger partial charge in [-0.1, -0.05) is 72.6 Å². The first-order valence-electron chi connectivity index (χ1n) is 19.9. The van der Waals surface area contributed by atoms with Crippen molar-refractivity contribution < 1.29 is 9.90 Å². The molecule has 1 aliphatic rings. The van der Waals surface area contributed by atoms with Crippen molar-refractivity contribution in [2.24, 2.45) is 16.8 Å². The van der Waals surface area contributed by atoms with E-state index in [1.165, 1.54) is 17.5 Å². The molecule has 0 spiro atoms. The van der Waals surface area contributed by atoms with Crippen LogP contribution in [0.5, 0.6) is 5.75 Å². The normalized spacial score (nSPS) is 15.7. The fourth-order valence-corrected chi connectivity index (χ4v) is 6.83. The predicted octanol–water partition coefficient (Wildman–Crippen LogP) is 8.83. The quantitative estimate of drug-likeness (QED) is 0.0641. The molecule has 1 aromatic heterocycles. The number of aldehydes is 1. The van der Waals surface area contributed by atoms with Crippen molar-refractivity contribution in [3.8, 4) is 11.4 Å². The molecule has 0 bridgehead atoms. The average molecular weight is 742 g/mol. The Morgan fingerprint density at radius 3 is 2.24 bits per heavy atom. The van der Waals surface area contributed by atoms with Gasteiger partial charge in [0, 0.05) is 88.3 Å². The number of aliphatic imine (C=N–C) groups is 1. The van der Waals surface area contributed by atoms with E-state index in [0.717, 1.165) is 88.3 Å². The number of phenols is 1. The van der Waals surface area contributed by atoms with Gasteiger partial charge in [0.2, 0.25) is 0 Å². The van der Waals surface area contributed by atoms with Crippen LogP contribution in [0.2, 0.25) is 0 Å². The van der Waals surface area contributed by atoms with Crippen molar-refractivity contribution in [1.82, 2.24) is 24.5 Å². The Bertz CT molecular complexity index is 1590. The molecule has 2 atom stereocenters. The summed E-state index contributed by atoms with van der Waals surface area (Å²) in [5, 5.41) is 14.9. The number of likely N-dealkylation sites (tertiary alicyclic amines) is 1. The second kappa shape index (κ2) is 23.5. The van der Waals surface area contributed by atoms with Gasteiger partial charge in [-0.2, -0.15) is 5.10 Å².